The Hall–Kier alpha value is -1.30. The Morgan fingerprint density at radius 1 is 1.42 bits per heavy atom. The molecule has 1 heterocycles. The average Bonchev–Trinajstić information content (AvgIpc) is 2.21. The maximum atomic E-state index is 12.1. The quantitative estimate of drug-likeness (QED) is 0.811. The van der Waals surface area contributed by atoms with Gasteiger partial charge in [0.15, 0.2) is 0 Å². The van der Waals surface area contributed by atoms with E-state index in [0.717, 1.165) is 0 Å². The molecule has 1 unspecified atom stereocenters. The molecule has 6 heteroatoms. The van der Waals surface area contributed by atoms with Gasteiger partial charge in [-0.3, -0.25) is 0 Å². The van der Waals surface area contributed by atoms with Crippen LogP contribution in [-0.4, -0.2) is 52.8 Å². The lowest BCUT2D eigenvalue weighted by molar-refractivity contribution is -0.140. The summed E-state index contributed by atoms with van der Waals surface area (Å²) in [6.45, 7) is 10.2. The standard InChI is InChI=1S/C13H24N2O4/c1-8(2)10(11(16)17)14-12(18)15-6-9(3)19-13(4,5)7-15/h8-10H,6-7H2,1-5H3,(H,14,18)(H,16,17)/t9?,10-/m1/s1. The highest BCUT2D eigenvalue weighted by Crippen LogP contribution is 2.20. The minimum Gasteiger partial charge on any atom is -0.480 e. The number of nitrogens with one attached hydrogen (secondary N) is 1. The van der Waals surface area contributed by atoms with Gasteiger partial charge in [0.2, 0.25) is 0 Å². The fourth-order valence-electron chi connectivity index (χ4n) is 2.35. The SMILES string of the molecule is CC1CN(C(=O)N[C@@H](C(=O)O)C(C)C)CC(C)(C)O1. The van der Waals surface area contributed by atoms with E-state index in [1.807, 2.05) is 20.8 Å². The minimum absolute atomic E-state index is 0.0585. The molecule has 0 spiro atoms. The van der Waals surface area contributed by atoms with Gasteiger partial charge in [-0.2, -0.15) is 0 Å². The molecule has 0 aromatic heterocycles. The number of hydrogen-bond acceptors (Lipinski definition) is 3. The van der Waals surface area contributed by atoms with Gasteiger partial charge in [0, 0.05) is 6.54 Å². The van der Waals surface area contributed by atoms with E-state index in [1.54, 1.807) is 18.7 Å². The summed E-state index contributed by atoms with van der Waals surface area (Å²) in [5.74, 6) is -1.17. The van der Waals surface area contributed by atoms with E-state index in [9.17, 15) is 9.59 Å². The van der Waals surface area contributed by atoms with E-state index in [2.05, 4.69) is 5.32 Å². The van der Waals surface area contributed by atoms with E-state index in [1.165, 1.54) is 0 Å². The first-order chi connectivity index (χ1) is 8.62. The van der Waals surface area contributed by atoms with Crippen molar-refractivity contribution in [3.05, 3.63) is 0 Å². The summed E-state index contributed by atoms with van der Waals surface area (Å²) in [5.41, 5.74) is -0.411. The molecule has 0 radical (unpaired) electrons. The fraction of sp³-hybridized carbons (Fsp3) is 0.846. The lowest BCUT2D eigenvalue weighted by Crippen LogP contribution is -2.58. The van der Waals surface area contributed by atoms with Gasteiger partial charge in [-0.1, -0.05) is 13.8 Å². The van der Waals surface area contributed by atoms with Crippen molar-refractivity contribution >= 4 is 12.0 Å². The van der Waals surface area contributed by atoms with Crippen LogP contribution in [0.3, 0.4) is 0 Å². The molecule has 0 saturated carbocycles. The molecule has 1 aliphatic heterocycles. The summed E-state index contributed by atoms with van der Waals surface area (Å²) in [6.07, 6.45) is -0.0585. The molecule has 2 N–H and O–H groups in total. The van der Waals surface area contributed by atoms with Crippen LogP contribution < -0.4 is 5.32 Å². The number of hydrogen-bond donors (Lipinski definition) is 2. The average molecular weight is 272 g/mol. The van der Waals surface area contributed by atoms with Crippen molar-refractivity contribution in [2.75, 3.05) is 13.1 Å². The number of carbonyl (C=O) groups excluding carboxylic acids is 1. The molecule has 0 aromatic rings. The minimum atomic E-state index is -1.01. The Balaban J connectivity index is 2.69. The van der Waals surface area contributed by atoms with Gasteiger partial charge in [0.05, 0.1) is 18.2 Å². The second-order valence-electron chi connectivity index (χ2n) is 6.08. The Morgan fingerprint density at radius 2 is 2.00 bits per heavy atom. The third-order valence-electron chi connectivity index (χ3n) is 3.07. The molecule has 110 valence electrons. The van der Waals surface area contributed by atoms with Crippen LogP contribution in [0.15, 0.2) is 0 Å². The second-order valence-corrected chi connectivity index (χ2v) is 6.08. The van der Waals surface area contributed by atoms with E-state index < -0.39 is 17.6 Å². The summed E-state index contributed by atoms with van der Waals surface area (Å²) in [4.78, 5) is 24.9. The number of urea groups is 1. The molecule has 1 saturated heterocycles. The molecule has 1 fully saturated rings. The summed E-state index contributed by atoms with van der Waals surface area (Å²) in [7, 11) is 0. The lowest BCUT2D eigenvalue weighted by Gasteiger charge is -2.42. The van der Waals surface area contributed by atoms with Crippen molar-refractivity contribution in [1.82, 2.24) is 10.2 Å². The van der Waals surface area contributed by atoms with Gasteiger partial charge in [-0.05, 0) is 26.7 Å². The first-order valence-electron chi connectivity index (χ1n) is 6.58. The van der Waals surface area contributed by atoms with Crippen LogP contribution in [0, 0.1) is 5.92 Å². The van der Waals surface area contributed by atoms with E-state index in [0.29, 0.717) is 13.1 Å². The summed E-state index contributed by atoms with van der Waals surface area (Å²) in [5, 5.41) is 11.7. The van der Waals surface area contributed by atoms with Crippen LogP contribution >= 0.6 is 0 Å². The molecule has 0 aromatic carbocycles. The van der Waals surface area contributed by atoms with E-state index in [-0.39, 0.29) is 18.1 Å². The Kier molecular flexibility index (Phi) is 4.79. The van der Waals surface area contributed by atoms with Crippen LogP contribution in [0.25, 0.3) is 0 Å². The number of rotatable bonds is 3. The largest absolute Gasteiger partial charge is 0.480 e. The van der Waals surface area contributed by atoms with Crippen molar-refractivity contribution in [3.8, 4) is 0 Å². The number of ether oxygens (including phenoxy) is 1. The Morgan fingerprint density at radius 3 is 2.42 bits per heavy atom. The fourth-order valence-corrected chi connectivity index (χ4v) is 2.35. The Bertz CT molecular complexity index is 355. The van der Waals surface area contributed by atoms with Crippen molar-refractivity contribution in [1.29, 1.82) is 0 Å². The maximum absolute atomic E-state index is 12.1. The topological polar surface area (TPSA) is 78.9 Å². The number of carboxylic acids is 1. The molecule has 2 amide bonds. The van der Waals surface area contributed by atoms with Gasteiger partial charge in [-0.15, -0.1) is 0 Å². The number of carboxylic acid groups (broad SMARTS) is 1. The first-order valence-corrected chi connectivity index (χ1v) is 6.58. The molecule has 6 nitrogen and oxygen atoms in total. The smallest absolute Gasteiger partial charge is 0.326 e. The lowest BCUT2D eigenvalue weighted by atomic mass is 10.0. The van der Waals surface area contributed by atoms with E-state index in [4.69, 9.17) is 9.84 Å². The number of nitrogens with zero attached hydrogens (tertiary/aromatic N) is 1. The van der Waals surface area contributed by atoms with Gasteiger partial charge in [0.25, 0.3) is 0 Å². The van der Waals surface area contributed by atoms with Gasteiger partial charge < -0.3 is 20.1 Å². The summed E-state index contributed by atoms with van der Waals surface area (Å²) in [6, 6.07) is -1.21. The third kappa shape index (κ3) is 4.38. The predicted octanol–water partition coefficient (Wildman–Crippen LogP) is 1.30. The second kappa shape index (κ2) is 5.77. The van der Waals surface area contributed by atoms with Crippen molar-refractivity contribution in [3.63, 3.8) is 0 Å². The number of amides is 2. The van der Waals surface area contributed by atoms with Gasteiger partial charge in [-0.25, -0.2) is 9.59 Å². The molecule has 2 atom stereocenters. The molecule has 19 heavy (non-hydrogen) atoms. The van der Waals surface area contributed by atoms with Crippen LogP contribution in [0.1, 0.15) is 34.6 Å². The summed E-state index contributed by atoms with van der Waals surface area (Å²) < 4.78 is 5.72. The highest BCUT2D eigenvalue weighted by molar-refractivity contribution is 5.82. The highest BCUT2D eigenvalue weighted by Gasteiger charge is 2.35. The zero-order valence-electron chi connectivity index (χ0n) is 12.3. The molecule has 0 bridgehead atoms. The maximum Gasteiger partial charge on any atom is 0.326 e. The molecule has 1 aliphatic rings. The molecular formula is C13H24N2O4. The van der Waals surface area contributed by atoms with Gasteiger partial charge in [0.1, 0.15) is 6.04 Å². The first kappa shape index (κ1) is 15.8. The predicted molar refractivity (Wildman–Crippen MR) is 71.0 cm³/mol. The normalized spacial score (nSPS) is 24.1. The van der Waals surface area contributed by atoms with E-state index >= 15 is 0 Å². The molecule has 1 rings (SSSR count). The Labute approximate surface area is 114 Å². The highest BCUT2D eigenvalue weighted by atomic mass is 16.5. The van der Waals surface area contributed by atoms with Crippen molar-refractivity contribution in [2.45, 2.75) is 52.4 Å². The zero-order chi connectivity index (χ0) is 14.8. The third-order valence-corrected chi connectivity index (χ3v) is 3.07. The monoisotopic (exact) mass is 272 g/mol. The van der Waals surface area contributed by atoms with Gasteiger partial charge >= 0.3 is 12.0 Å². The van der Waals surface area contributed by atoms with Crippen LogP contribution in [-0.2, 0) is 9.53 Å². The van der Waals surface area contributed by atoms with Crippen LogP contribution in [0.4, 0.5) is 4.79 Å². The molecular weight excluding hydrogens is 248 g/mol. The summed E-state index contributed by atoms with van der Waals surface area (Å²) >= 11 is 0. The zero-order valence-corrected chi connectivity index (χ0v) is 12.3. The molecule has 0 aliphatic carbocycles. The van der Waals surface area contributed by atoms with Crippen LogP contribution in [0.5, 0.6) is 0 Å². The number of morpholine rings is 1. The van der Waals surface area contributed by atoms with Crippen molar-refractivity contribution < 1.29 is 19.4 Å². The number of carbonyl (C=O) groups is 2. The number of aliphatic carboxylic acids is 1. The van der Waals surface area contributed by atoms with Crippen LogP contribution in [0.2, 0.25) is 0 Å². The van der Waals surface area contributed by atoms with Crippen molar-refractivity contribution in [2.24, 2.45) is 5.92 Å².